The summed E-state index contributed by atoms with van der Waals surface area (Å²) in [5.41, 5.74) is 0.429. The molecule has 2 aliphatic heterocycles. The average Bonchev–Trinajstić information content (AvgIpc) is 2.78. The molecule has 2 fully saturated rings. The van der Waals surface area contributed by atoms with Crippen LogP contribution in [0.4, 0.5) is 0 Å². The molecule has 0 saturated carbocycles. The number of hydrogen-bond donors (Lipinski definition) is 2. The van der Waals surface area contributed by atoms with E-state index in [0.717, 1.165) is 38.2 Å². The quantitative estimate of drug-likeness (QED) is 0.679. The van der Waals surface area contributed by atoms with Gasteiger partial charge < -0.3 is 19.8 Å². The first-order valence-corrected chi connectivity index (χ1v) is 11.3. The monoisotopic (exact) mass is 433 g/mol. The van der Waals surface area contributed by atoms with Crippen LogP contribution in [0.2, 0.25) is 0 Å². The third-order valence-corrected chi connectivity index (χ3v) is 6.66. The molecule has 2 N–H and O–H groups in total. The maximum absolute atomic E-state index is 13.1. The molecule has 0 bridgehead atoms. The van der Waals surface area contributed by atoms with Gasteiger partial charge in [-0.15, -0.1) is 0 Å². The van der Waals surface area contributed by atoms with Gasteiger partial charge in [-0.2, -0.15) is 0 Å². The van der Waals surface area contributed by atoms with Gasteiger partial charge in [0.2, 0.25) is 5.91 Å². The second-order valence-electron chi connectivity index (χ2n) is 8.86. The molecule has 8 nitrogen and oxygen atoms in total. The normalized spacial score (nSPS) is 26.4. The van der Waals surface area contributed by atoms with E-state index in [1.54, 1.807) is 11.1 Å². The SMILES string of the molecule is CC(=O)N1CCCCC2(CCN(Cc3ccccn3)CC2)C(=O)OC[C@@H](O)[C@@H](O)CC1. The molecule has 0 radical (unpaired) electrons. The summed E-state index contributed by atoms with van der Waals surface area (Å²) < 4.78 is 5.50. The number of esters is 1. The number of likely N-dealkylation sites (tertiary alicyclic amines) is 1. The number of hydrogen-bond acceptors (Lipinski definition) is 7. The zero-order valence-corrected chi connectivity index (χ0v) is 18.4. The Morgan fingerprint density at radius 2 is 1.90 bits per heavy atom. The summed E-state index contributed by atoms with van der Waals surface area (Å²) in [5, 5.41) is 20.4. The summed E-state index contributed by atoms with van der Waals surface area (Å²) in [6.07, 6.45) is 3.56. The Morgan fingerprint density at radius 3 is 2.58 bits per heavy atom. The lowest BCUT2D eigenvalue weighted by Crippen LogP contribution is -2.46. The van der Waals surface area contributed by atoms with Gasteiger partial charge >= 0.3 is 5.97 Å². The highest BCUT2D eigenvalue weighted by molar-refractivity contribution is 5.77. The van der Waals surface area contributed by atoms with Crippen LogP contribution >= 0.6 is 0 Å². The second-order valence-corrected chi connectivity index (χ2v) is 8.86. The van der Waals surface area contributed by atoms with E-state index < -0.39 is 17.6 Å². The van der Waals surface area contributed by atoms with E-state index in [4.69, 9.17) is 4.74 Å². The van der Waals surface area contributed by atoms with Crippen molar-refractivity contribution in [3.63, 3.8) is 0 Å². The summed E-state index contributed by atoms with van der Waals surface area (Å²) in [4.78, 5) is 33.4. The molecule has 1 spiro atoms. The molecule has 2 saturated heterocycles. The maximum atomic E-state index is 13.1. The van der Waals surface area contributed by atoms with Crippen LogP contribution in [0.5, 0.6) is 0 Å². The van der Waals surface area contributed by atoms with Crippen LogP contribution in [0, 0.1) is 5.41 Å². The van der Waals surface area contributed by atoms with E-state index in [1.807, 2.05) is 18.2 Å². The molecule has 31 heavy (non-hydrogen) atoms. The van der Waals surface area contributed by atoms with Gasteiger partial charge in [-0.3, -0.25) is 19.5 Å². The highest BCUT2D eigenvalue weighted by Gasteiger charge is 2.42. The Labute approximate surface area is 184 Å². The smallest absolute Gasteiger partial charge is 0.312 e. The molecule has 172 valence electrons. The number of aliphatic hydroxyl groups excluding tert-OH is 2. The van der Waals surface area contributed by atoms with Crippen LogP contribution in [0.3, 0.4) is 0 Å². The van der Waals surface area contributed by atoms with E-state index in [0.29, 0.717) is 32.4 Å². The highest BCUT2D eigenvalue weighted by Crippen LogP contribution is 2.38. The van der Waals surface area contributed by atoms with Crippen molar-refractivity contribution in [1.29, 1.82) is 0 Å². The van der Waals surface area contributed by atoms with Crippen molar-refractivity contribution in [2.45, 2.75) is 64.2 Å². The molecule has 8 heteroatoms. The first-order chi connectivity index (χ1) is 14.9. The van der Waals surface area contributed by atoms with Crippen molar-refractivity contribution in [3.05, 3.63) is 30.1 Å². The van der Waals surface area contributed by atoms with Crippen LogP contribution in [0.25, 0.3) is 0 Å². The Bertz CT molecular complexity index is 721. The zero-order valence-electron chi connectivity index (χ0n) is 18.4. The Hall–Kier alpha value is -2.03. The van der Waals surface area contributed by atoms with Gasteiger partial charge in [0.25, 0.3) is 0 Å². The lowest BCUT2D eigenvalue weighted by atomic mass is 9.74. The molecular formula is C23H35N3O5. The van der Waals surface area contributed by atoms with Crippen LogP contribution in [-0.4, -0.2) is 81.9 Å². The first-order valence-electron chi connectivity index (χ1n) is 11.3. The van der Waals surface area contributed by atoms with Crippen molar-refractivity contribution < 1.29 is 24.5 Å². The van der Waals surface area contributed by atoms with Crippen LogP contribution in [0.15, 0.2) is 24.4 Å². The van der Waals surface area contributed by atoms with E-state index in [9.17, 15) is 19.8 Å². The predicted molar refractivity (Wildman–Crippen MR) is 115 cm³/mol. The average molecular weight is 434 g/mol. The fraction of sp³-hybridized carbons (Fsp3) is 0.696. The van der Waals surface area contributed by atoms with Crippen molar-refractivity contribution in [2.24, 2.45) is 5.41 Å². The highest BCUT2D eigenvalue weighted by atomic mass is 16.5. The summed E-state index contributed by atoms with van der Waals surface area (Å²) in [6.45, 7) is 4.58. The second kappa shape index (κ2) is 11.0. The Balaban J connectivity index is 1.65. The summed E-state index contributed by atoms with van der Waals surface area (Å²) in [6, 6.07) is 5.88. The number of piperidine rings is 1. The van der Waals surface area contributed by atoms with E-state index in [2.05, 4.69) is 9.88 Å². The molecule has 1 amide bonds. The molecule has 0 aromatic carbocycles. The topological polar surface area (TPSA) is 103 Å². The van der Waals surface area contributed by atoms with Crippen LogP contribution < -0.4 is 0 Å². The molecule has 2 atom stereocenters. The number of aliphatic hydroxyl groups is 2. The van der Waals surface area contributed by atoms with Gasteiger partial charge in [0.1, 0.15) is 12.7 Å². The predicted octanol–water partition coefficient (Wildman–Crippen LogP) is 1.35. The van der Waals surface area contributed by atoms with Crippen LogP contribution in [0.1, 0.15) is 51.1 Å². The number of ether oxygens (including phenoxy) is 1. The van der Waals surface area contributed by atoms with E-state index >= 15 is 0 Å². The minimum Gasteiger partial charge on any atom is -0.462 e. The fourth-order valence-corrected chi connectivity index (χ4v) is 4.51. The molecule has 0 unspecified atom stereocenters. The van der Waals surface area contributed by atoms with Crippen molar-refractivity contribution in [2.75, 3.05) is 32.8 Å². The van der Waals surface area contributed by atoms with Gasteiger partial charge in [-0.1, -0.05) is 12.5 Å². The number of carbonyl (C=O) groups excluding carboxylic acids is 2. The van der Waals surface area contributed by atoms with Gasteiger partial charge in [-0.25, -0.2) is 0 Å². The number of amides is 1. The molecule has 1 aromatic rings. The zero-order chi connectivity index (χ0) is 22.3. The lowest BCUT2D eigenvalue weighted by molar-refractivity contribution is -0.165. The molecule has 3 heterocycles. The third kappa shape index (κ3) is 6.48. The van der Waals surface area contributed by atoms with Crippen molar-refractivity contribution >= 4 is 11.9 Å². The molecule has 1 aromatic heterocycles. The molecule has 2 aliphatic rings. The van der Waals surface area contributed by atoms with Gasteiger partial charge in [-0.05, 0) is 57.3 Å². The number of rotatable bonds is 2. The number of carbonyl (C=O) groups is 2. The van der Waals surface area contributed by atoms with Crippen molar-refractivity contribution in [3.8, 4) is 0 Å². The Kier molecular flexibility index (Phi) is 8.40. The molecule has 3 rings (SSSR count). The van der Waals surface area contributed by atoms with Gasteiger partial charge in [0, 0.05) is 32.8 Å². The standard InChI is InChI=1S/C23H35N3O5/c1-18(27)26-12-5-3-8-23(22(30)31-17-21(29)20(28)7-13-26)9-14-25(15-10-23)16-19-6-2-4-11-24-19/h2,4,6,11,20-21,28-29H,3,5,7-10,12-17H2,1H3/t20-,21+/m0/s1. The fourth-order valence-electron chi connectivity index (χ4n) is 4.51. The lowest BCUT2D eigenvalue weighted by Gasteiger charge is -2.40. The first kappa shape index (κ1) is 23.6. The summed E-state index contributed by atoms with van der Waals surface area (Å²) >= 11 is 0. The molecular weight excluding hydrogens is 398 g/mol. The van der Waals surface area contributed by atoms with E-state index in [1.165, 1.54) is 6.92 Å². The van der Waals surface area contributed by atoms with E-state index in [-0.39, 0.29) is 24.9 Å². The maximum Gasteiger partial charge on any atom is 0.312 e. The summed E-state index contributed by atoms with van der Waals surface area (Å²) in [5.74, 6) is -0.319. The number of cyclic esters (lactones) is 1. The number of nitrogens with zero attached hydrogens (tertiary/aromatic N) is 3. The van der Waals surface area contributed by atoms with Crippen molar-refractivity contribution in [1.82, 2.24) is 14.8 Å². The van der Waals surface area contributed by atoms with Gasteiger partial charge in [0.15, 0.2) is 0 Å². The third-order valence-electron chi connectivity index (χ3n) is 6.66. The number of pyridine rings is 1. The van der Waals surface area contributed by atoms with Crippen LogP contribution in [-0.2, 0) is 20.9 Å². The molecule has 0 aliphatic carbocycles. The van der Waals surface area contributed by atoms with Gasteiger partial charge in [0.05, 0.1) is 17.2 Å². The minimum absolute atomic E-state index is 0.0403. The Morgan fingerprint density at radius 1 is 1.13 bits per heavy atom. The summed E-state index contributed by atoms with van der Waals surface area (Å²) in [7, 11) is 0. The largest absolute Gasteiger partial charge is 0.462 e. The number of aromatic nitrogens is 1. The minimum atomic E-state index is -1.15.